The first kappa shape index (κ1) is 10.6. The van der Waals surface area contributed by atoms with Crippen LogP contribution in [0.1, 0.15) is 39.5 Å². The number of hydrogen-bond donors (Lipinski definition) is 1. The number of carbonyl (C=O) groups excluding carboxylic acids is 1. The molecule has 3 heteroatoms. The van der Waals surface area contributed by atoms with Gasteiger partial charge in [0.05, 0.1) is 0 Å². The molecular weight excluding hydrogens is 200 g/mol. The number of carbonyl (C=O) groups is 1. The van der Waals surface area contributed by atoms with Gasteiger partial charge in [0.25, 0.3) is 0 Å². The van der Waals surface area contributed by atoms with E-state index in [1.807, 2.05) is 0 Å². The van der Waals surface area contributed by atoms with Gasteiger partial charge in [-0.3, -0.25) is 4.79 Å². The van der Waals surface area contributed by atoms with Crippen molar-refractivity contribution < 1.29 is 4.79 Å². The Morgan fingerprint density at radius 1 is 1.25 bits per heavy atom. The van der Waals surface area contributed by atoms with Crippen LogP contribution < -0.4 is 5.32 Å². The molecule has 1 saturated carbocycles. The van der Waals surface area contributed by atoms with Crippen LogP contribution in [0.4, 0.5) is 0 Å². The Labute approximate surface area is 97.6 Å². The molecule has 1 N–H and O–H groups in total. The molecule has 2 aliphatic heterocycles. The van der Waals surface area contributed by atoms with Gasteiger partial charge in [-0.15, -0.1) is 0 Å². The molecule has 0 spiro atoms. The molecule has 0 radical (unpaired) electrons. The van der Waals surface area contributed by atoms with E-state index in [0.717, 1.165) is 25.9 Å². The lowest BCUT2D eigenvalue weighted by Gasteiger charge is -2.28. The first-order valence-corrected chi connectivity index (χ1v) is 6.62. The van der Waals surface area contributed by atoms with E-state index in [-0.39, 0.29) is 5.41 Å². The third-order valence-electron chi connectivity index (χ3n) is 4.72. The first-order valence-electron chi connectivity index (χ1n) is 6.62. The summed E-state index contributed by atoms with van der Waals surface area (Å²) in [5, 5.41) is 3.45. The highest BCUT2D eigenvalue weighted by molar-refractivity contribution is 5.83. The Bertz CT molecular complexity index is 299. The maximum Gasteiger partial charge on any atom is 0.226 e. The highest BCUT2D eigenvalue weighted by Crippen LogP contribution is 2.53. The van der Waals surface area contributed by atoms with Gasteiger partial charge in [-0.1, -0.05) is 13.8 Å². The zero-order valence-corrected chi connectivity index (χ0v) is 10.3. The quantitative estimate of drug-likeness (QED) is 0.727. The predicted molar refractivity (Wildman–Crippen MR) is 63.0 cm³/mol. The Morgan fingerprint density at radius 2 is 1.94 bits per heavy atom. The molecule has 0 aromatic heterocycles. The molecule has 0 aromatic rings. The third-order valence-corrected chi connectivity index (χ3v) is 4.72. The number of fused-ring (bicyclic) bond motifs is 2. The van der Waals surface area contributed by atoms with Crippen molar-refractivity contribution in [2.45, 2.75) is 51.6 Å². The van der Waals surface area contributed by atoms with Crippen molar-refractivity contribution in [2.24, 2.45) is 11.3 Å². The van der Waals surface area contributed by atoms with Crippen LogP contribution in [-0.4, -0.2) is 36.0 Å². The Morgan fingerprint density at radius 3 is 2.62 bits per heavy atom. The lowest BCUT2D eigenvalue weighted by Crippen LogP contribution is -2.43. The molecule has 2 bridgehead atoms. The van der Waals surface area contributed by atoms with Gasteiger partial charge in [0.2, 0.25) is 5.91 Å². The molecular formula is C13H22N2O. The van der Waals surface area contributed by atoms with Gasteiger partial charge in [0.15, 0.2) is 0 Å². The summed E-state index contributed by atoms with van der Waals surface area (Å²) in [5.41, 5.74) is 0.274. The summed E-state index contributed by atoms with van der Waals surface area (Å²) in [6, 6.07) is 1.01. The smallest absolute Gasteiger partial charge is 0.226 e. The maximum absolute atomic E-state index is 12.5. The van der Waals surface area contributed by atoms with Gasteiger partial charge in [-0.05, 0) is 37.6 Å². The summed E-state index contributed by atoms with van der Waals surface area (Å²) < 4.78 is 0. The van der Waals surface area contributed by atoms with Crippen LogP contribution in [-0.2, 0) is 4.79 Å². The topological polar surface area (TPSA) is 32.3 Å². The van der Waals surface area contributed by atoms with Crippen molar-refractivity contribution in [1.29, 1.82) is 0 Å². The van der Waals surface area contributed by atoms with Gasteiger partial charge in [-0.2, -0.15) is 0 Å². The average Bonchev–Trinajstić information content (AvgIpc) is 2.71. The van der Waals surface area contributed by atoms with Gasteiger partial charge < -0.3 is 10.2 Å². The Kier molecular flexibility index (Phi) is 2.29. The van der Waals surface area contributed by atoms with Gasteiger partial charge in [0, 0.05) is 24.5 Å². The van der Waals surface area contributed by atoms with Crippen LogP contribution in [0.25, 0.3) is 0 Å². The molecule has 3 unspecified atom stereocenters. The second-order valence-electron chi connectivity index (χ2n) is 6.37. The second-order valence-corrected chi connectivity index (χ2v) is 6.37. The molecule has 2 heterocycles. The summed E-state index contributed by atoms with van der Waals surface area (Å²) in [6.45, 7) is 6.52. The SMILES string of the molecule is CC1(C)CC1C(=O)N1C2CCNCC1CC2. The van der Waals surface area contributed by atoms with Gasteiger partial charge in [0.1, 0.15) is 0 Å². The highest BCUT2D eigenvalue weighted by Gasteiger charge is 2.54. The first-order chi connectivity index (χ1) is 7.59. The summed E-state index contributed by atoms with van der Waals surface area (Å²) >= 11 is 0. The molecule has 3 aliphatic rings. The fraction of sp³-hybridized carbons (Fsp3) is 0.923. The minimum atomic E-state index is 0.274. The van der Waals surface area contributed by atoms with E-state index in [2.05, 4.69) is 24.1 Å². The third kappa shape index (κ3) is 1.56. The van der Waals surface area contributed by atoms with Gasteiger partial charge in [-0.25, -0.2) is 0 Å². The molecule has 90 valence electrons. The van der Waals surface area contributed by atoms with E-state index in [0.29, 0.717) is 23.9 Å². The predicted octanol–water partition coefficient (Wildman–Crippen LogP) is 1.39. The van der Waals surface area contributed by atoms with E-state index in [1.165, 1.54) is 12.8 Å². The standard InChI is InChI=1S/C13H22N2O/c1-13(2)7-11(13)12(16)15-9-3-4-10(15)8-14-6-5-9/h9-11,14H,3-8H2,1-2H3. The van der Waals surface area contributed by atoms with E-state index < -0.39 is 0 Å². The van der Waals surface area contributed by atoms with Crippen molar-refractivity contribution in [3.8, 4) is 0 Å². The van der Waals surface area contributed by atoms with Crippen LogP contribution in [0.2, 0.25) is 0 Å². The number of nitrogens with zero attached hydrogens (tertiary/aromatic N) is 1. The summed E-state index contributed by atoms with van der Waals surface area (Å²) in [4.78, 5) is 14.7. The van der Waals surface area contributed by atoms with Crippen molar-refractivity contribution in [2.75, 3.05) is 13.1 Å². The van der Waals surface area contributed by atoms with E-state index in [1.54, 1.807) is 0 Å². The normalized spacial score (nSPS) is 40.6. The largest absolute Gasteiger partial charge is 0.335 e. The van der Waals surface area contributed by atoms with Crippen molar-refractivity contribution in [3.05, 3.63) is 0 Å². The number of nitrogens with one attached hydrogen (secondary N) is 1. The average molecular weight is 222 g/mol. The molecule has 0 aromatic carbocycles. The van der Waals surface area contributed by atoms with E-state index in [4.69, 9.17) is 0 Å². The zero-order chi connectivity index (χ0) is 11.3. The molecule has 2 saturated heterocycles. The Hall–Kier alpha value is -0.570. The minimum Gasteiger partial charge on any atom is -0.335 e. The molecule has 3 atom stereocenters. The van der Waals surface area contributed by atoms with Crippen molar-refractivity contribution in [3.63, 3.8) is 0 Å². The Balaban J connectivity index is 1.76. The van der Waals surface area contributed by atoms with Crippen LogP contribution in [0, 0.1) is 11.3 Å². The minimum absolute atomic E-state index is 0.274. The van der Waals surface area contributed by atoms with Crippen LogP contribution in [0.3, 0.4) is 0 Å². The number of hydrogen-bond acceptors (Lipinski definition) is 2. The van der Waals surface area contributed by atoms with Crippen LogP contribution >= 0.6 is 0 Å². The molecule has 3 nitrogen and oxygen atoms in total. The monoisotopic (exact) mass is 222 g/mol. The lowest BCUT2D eigenvalue weighted by molar-refractivity contribution is -0.135. The van der Waals surface area contributed by atoms with Crippen molar-refractivity contribution in [1.82, 2.24) is 10.2 Å². The maximum atomic E-state index is 12.5. The van der Waals surface area contributed by atoms with E-state index >= 15 is 0 Å². The molecule has 3 fully saturated rings. The molecule has 1 amide bonds. The molecule has 16 heavy (non-hydrogen) atoms. The molecule has 3 rings (SSSR count). The zero-order valence-electron chi connectivity index (χ0n) is 10.3. The summed E-state index contributed by atoms with van der Waals surface area (Å²) in [7, 11) is 0. The van der Waals surface area contributed by atoms with E-state index in [9.17, 15) is 4.79 Å². The fourth-order valence-electron chi connectivity index (χ4n) is 3.41. The van der Waals surface area contributed by atoms with Gasteiger partial charge >= 0.3 is 0 Å². The molecule has 1 aliphatic carbocycles. The fourth-order valence-corrected chi connectivity index (χ4v) is 3.41. The second kappa shape index (κ2) is 3.46. The van der Waals surface area contributed by atoms with Crippen molar-refractivity contribution >= 4 is 5.91 Å². The summed E-state index contributed by atoms with van der Waals surface area (Å²) in [6.07, 6.45) is 4.67. The highest BCUT2D eigenvalue weighted by atomic mass is 16.2. The number of amides is 1. The summed E-state index contributed by atoms with van der Waals surface area (Å²) in [5.74, 6) is 0.759. The lowest BCUT2D eigenvalue weighted by atomic mass is 10.1. The van der Waals surface area contributed by atoms with Crippen LogP contribution in [0.15, 0.2) is 0 Å². The van der Waals surface area contributed by atoms with Crippen LogP contribution in [0.5, 0.6) is 0 Å². The number of rotatable bonds is 1.